The molecule has 0 unspecified atom stereocenters. The number of aliphatic hydroxyl groups excluding tert-OH is 1. The average Bonchev–Trinajstić information content (AvgIpc) is 2.58. The second kappa shape index (κ2) is 7.09. The third-order valence-corrected chi connectivity index (χ3v) is 3.43. The minimum absolute atomic E-state index is 0.0266. The highest BCUT2D eigenvalue weighted by Gasteiger charge is 2.20. The van der Waals surface area contributed by atoms with E-state index in [2.05, 4.69) is 15.3 Å². The fourth-order valence-electron chi connectivity index (χ4n) is 2.33. The Morgan fingerprint density at radius 2 is 2.09 bits per heavy atom. The Labute approximate surface area is 129 Å². The molecule has 1 atom stereocenters. The Morgan fingerprint density at radius 3 is 2.95 bits per heavy atom. The van der Waals surface area contributed by atoms with Crippen molar-refractivity contribution in [3.8, 4) is 11.5 Å². The molecule has 0 bridgehead atoms. The number of hydrogen-bond acceptors (Lipinski definition) is 6. The topological polar surface area (TPSA) is 76.5 Å². The number of anilines is 1. The molecule has 3 rings (SSSR count). The Morgan fingerprint density at radius 1 is 1.23 bits per heavy atom. The quantitative estimate of drug-likeness (QED) is 0.845. The zero-order valence-corrected chi connectivity index (χ0v) is 12.2. The van der Waals surface area contributed by atoms with Crippen molar-refractivity contribution in [2.45, 2.75) is 18.9 Å². The lowest BCUT2D eigenvalue weighted by Gasteiger charge is -2.26. The van der Waals surface area contributed by atoms with Crippen LogP contribution < -0.4 is 14.8 Å². The summed E-state index contributed by atoms with van der Waals surface area (Å²) in [6, 6.07) is 9.60. The predicted octanol–water partition coefficient (Wildman–Crippen LogP) is 1.65. The second-order valence-corrected chi connectivity index (χ2v) is 5.08. The van der Waals surface area contributed by atoms with E-state index in [9.17, 15) is 0 Å². The van der Waals surface area contributed by atoms with Crippen molar-refractivity contribution in [3.05, 3.63) is 42.4 Å². The van der Waals surface area contributed by atoms with Crippen LogP contribution in [0.15, 0.2) is 36.7 Å². The molecule has 22 heavy (non-hydrogen) atoms. The van der Waals surface area contributed by atoms with E-state index < -0.39 is 0 Å². The molecule has 0 radical (unpaired) electrons. The van der Waals surface area contributed by atoms with Crippen LogP contribution in [0, 0.1) is 0 Å². The van der Waals surface area contributed by atoms with Crippen LogP contribution in [0.4, 0.5) is 5.82 Å². The molecule has 6 nitrogen and oxygen atoms in total. The molecule has 116 valence electrons. The number of aliphatic hydroxyl groups is 1. The molecule has 2 aromatic rings. The van der Waals surface area contributed by atoms with Gasteiger partial charge in [0.25, 0.3) is 0 Å². The maximum Gasteiger partial charge on any atom is 0.161 e. The number of aromatic nitrogens is 2. The number of aryl methyl sites for hydroxylation is 1. The molecule has 0 amide bonds. The van der Waals surface area contributed by atoms with Crippen LogP contribution in [0.25, 0.3) is 0 Å². The lowest BCUT2D eigenvalue weighted by molar-refractivity contribution is 0.0849. The molecule has 2 N–H and O–H groups in total. The molecule has 1 aromatic carbocycles. The fraction of sp³-hybridized carbons (Fsp3) is 0.375. The summed E-state index contributed by atoms with van der Waals surface area (Å²) in [6.45, 7) is 1.11. The number of para-hydroxylation sites is 2. The SMILES string of the molecule is OCCNc1cc(CC[C@H]2COc3ccccc3O2)ncn1. The van der Waals surface area contributed by atoms with E-state index in [-0.39, 0.29) is 12.7 Å². The van der Waals surface area contributed by atoms with Crippen molar-refractivity contribution >= 4 is 5.82 Å². The van der Waals surface area contributed by atoms with Gasteiger partial charge in [0.05, 0.1) is 6.61 Å². The van der Waals surface area contributed by atoms with Gasteiger partial charge in [0.15, 0.2) is 11.5 Å². The van der Waals surface area contributed by atoms with Crippen molar-refractivity contribution in [1.29, 1.82) is 0 Å². The van der Waals surface area contributed by atoms with Gasteiger partial charge in [-0.3, -0.25) is 0 Å². The van der Waals surface area contributed by atoms with Gasteiger partial charge in [-0.2, -0.15) is 0 Å². The Balaban J connectivity index is 1.55. The van der Waals surface area contributed by atoms with E-state index in [4.69, 9.17) is 14.6 Å². The summed E-state index contributed by atoms with van der Waals surface area (Å²) >= 11 is 0. The summed E-state index contributed by atoms with van der Waals surface area (Å²) in [5, 5.41) is 11.8. The average molecular weight is 301 g/mol. The van der Waals surface area contributed by atoms with Crippen molar-refractivity contribution < 1.29 is 14.6 Å². The van der Waals surface area contributed by atoms with E-state index in [1.807, 2.05) is 30.3 Å². The van der Waals surface area contributed by atoms with Crippen molar-refractivity contribution in [1.82, 2.24) is 9.97 Å². The summed E-state index contributed by atoms with van der Waals surface area (Å²) in [5.74, 6) is 2.33. The van der Waals surface area contributed by atoms with Crippen LogP contribution >= 0.6 is 0 Å². The van der Waals surface area contributed by atoms with Gasteiger partial charge in [0.1, 0.15) is 24.9 Å². The zero-order valence-electron chi connectivity index (χ0n) is 12.2. The van der Waals surface area contributed by atoms with Crippen molar-refractivity contribution in [2.75, 3.05) is 25.1 Å². The maximum atomic E-state index is 8.81. The summed E-state index contributed by atoms with van der Waals surface area (Å²) in [5.41, 5.74) is 0.942. The van der Waals surface area contributed by atoms with Crippen molar-refractivity contribution in [3.63, 3.8) is 0 Å². The summed E-state index contributed by atoms with van der Waals surface area (Å²) in [4.78, 5) is 8.38. The Hall–Kier alpha value is -2.34. The van der Waals surface area contributed by atoms with Gasteiger partial charge in [0, 0.05) is 18.3 Å². The monoisotopic (exact) mass is 301 g/mol. The van der Waals surface area contributed by atoms with Gasteiger partial charge in [0.2, 0.25) is 0 Å². The third-order valence-electron chi connectivity index (χ3n) is 3.43. The van der Waals surface area contributed by atoms with Gasteiger partial charge in [-0.15, -0.1) is 0 Å². The van der Waals surface area contributed by atoms with E-state index in [0.717, 1.165) is 35.9 Å². The normalized spacial score (nSPS) is 16.3. The smallest absolute Gasteiger partial charge is 0.161 e. The highest BCUT2D eigenvalue weighted by Crippen LogP contribution is 2.31. The molecule has 1 aliphatic heterocycles. The van der Waals surface area contributed by atoms with Gasteiger partial charge in [-0.1, -0.05) is 12.1 Å². The number of nitrogens with one attached hydrogen (secondary N) is 1. The molecule has 6 heteroatoms. The Kier molecular flexibility index (Phi) is 4.70. The van der Waals surface area contributed by atoms with E-state index >= 15 is 0 Å². The molecule has 0 saturated heterocycles. The van der Waals surface area contributed by atoms with Crippen LogP contribution in [0.5, 0.6) is 11.5 Å². The first-order valence-corrected chi connectivity index (χ1v) is 7.39. The van der Waals surface area contributed by atoms with E-state index in [1.165, 1.54) is 6.33 Å². The molecule has 2 heterocycles. The number of rotatable bonds is 6. The summed E-state index contributed by atoms with van der Waals surface area (Å²) < 4.78 is 11.6. The molecule has 1 aromatic heterocycles. The van der Waals surface area contributed by atoms with E-state index in [1.54, 1.807) is 0 Å². The van der Waals surface area contributed by atoms with Crippen LogP contribution in [-0.2, 0) is 6.42 Å². The molecular weight excluding hydrogens is 282 g/mol. The predicted molar refractivity (Wildman–Crippen MR) is 82.3 cm³/mol. The number of ether oxygens (including phenoxy) is 2. The number of hydrogen-bond donors (Lipinski definition) is 2. The van der Waals surface area contributed by atoms with Crippen LogP contribution in [-0.4, -0.2) is 40.9 Å². The maximum absolute atomic E-state index is 8.81. The van der Waals surface area contributed by atoms with Gasteiger partial charge in [-0.05, 0) is 25.0 Å². The highest BCUT2D eigenvalue weighted by atomic mass is 16.6. The van der Waals surface area contributed by atoms with Gasteiger partial charge in [-0.25, -0.2) is 9.97 Å². The minimum Gasteiger partial charge on any atom is -0.486 e. The van der Waals surface area contributed by atoms with Crippen LogP contribution in [0.2, 0.25) is 0 Å². The molecule has 0 spiro atoms. The molecule has 0 aliphatic carbocycles. The molecule has 0 saturated carbocycles. The molecule has 0 fully saturated rings. The van der Waals surface area contributed by atoms with E-state index in [0.29, 0.717) is 13.2 Å². The summed E-state index contributed by atoms with van der Waals surface area (Å²) in [7, 11) is 0. The van der Waals surface area contributed by atoms with Crippen LogP contribution in [0.1, 0.15) is 12.1 Å². The lowest BCUT2D eigenvalue weighted by atomic mass is 10.1. The van der Waals surface area contributed by atoms with Crippen LogP contribution in [0.3, 0.4) is 0 Å². The lowest BCUT2D eigenvalue weighted by Crippen LogP contribution is -2.29. The first-order valence-electron chi connectivity index (χ1n) is 7.39. The van der Waals surface area contributed by atoms with Gasteiger partial charge < -0.3 is 19.9 Å². The van der Waals surface area contributed by atoms with Crippen molar-refractivity contribution in [2.24, 2.45) is 0 Å². The highest BCUT2D eigenvalue weighted by molar-refractivity contribution is 5.40. The number of fused-ring (bicyclic) bond motifs is 1. The third kappa shape index (κ3) is 3.65. The largest absolute Gasteiger partial charge is 0.486 e. The number of benzene rings is 1. The first-order chi connectivity index (χ1) is 10.8. The molecule has 1 aliphatic rings. The first kappa shape index (κ1) is 14.6. The fourth-order valence-corrected chi connectivity index (χ4v) is 2.33. The Bertz CT molecular complexity index is 621. The second-order valence-electron chi connectivity index (χ2n) is 5.08. The summed E-state index contributed by atoms with van der Waals surface area (Å²) in [6.07, 6.45) is 3.17. The number of nitrogens with zero attached hydrogens (tertiary/aromatic N) is 2. The van der Waals surface area contributed by atoms with Gasteiger partial charge >= 0.3 is 0 Å². The zero-order chi connectivity index (χ0) is 15.2. The minimum atomic E-state index is 0.0266. The standard InChI is InChI=1S/C16H19N3O3/c20-8-7-17-16-9-12(18-11-19-16)5-6-13-10-21-14-3-1-2-4-15(14)22-13/h1-4,9,11,13,20H,5-8,10H2,(H,17,18,19)/t13-/m0/s1. The molecular formula is C16H19N3O3.